The smallest absolute Gasteiger partial charge is 0.226 e. The van der Waals surface area contributed by atoms with E-state index < -0.39 is 0 Å². The molecule has 1 aromatic heterocycles. The summed E-state index contributed by atoms with van der Waals surface area (Å²) < 4.78 is 0. The first-order valence-corrected chi connectivity index (χ1v) is 8.03. The molecule has 5 nitrogen and oxygen atoms in total. The van der Waals surface area contributed by atoms with E-state index in [1.165, 1.54) is 43.9 Å². The molecule has 6 heteroatoms. The zero-order valence-electron chi connectivity index (χ0n) is 11.8. The first kappa shape index (κ1) is 15.0. The van der Waals surface area contributed by atoms with E-state index in [2.05, 4.69) is 15.6 Å². The van der Waals surface area contributed by atoms with Gasteiger partial charge < -0.3 is 10.6 Å². The Hall–Kier alpha value is -1.43. The van der Waals surface area contributed by atoms with Gasteiger partial charge in [0.2, 0.25) is 11.8 Å². The number of carbonyl (C=O) groups is 2. The zero-order chi connectivity index (χ0) is 14.4. The monoisotopic (exact) mass is 295 g/mol. The van der Waals surface area contributed by atoms with Gasteiger partial charge in [-0.25, -0.2) is 4.98 Å². The lowest BCUT2D eigenvalue weighted by atomic mass is 10.1. The van der Waals surface area contributed by atoms with E-state index in [4.69, 9.17) is 0 Å². The van der Waals surface area contributed by atoms with Gasteiger partial charge in [-0.15, -0.1) is 11.3 Å². The average molecular weight is 295 g/mol. The van der Waals surface area contributed by atoms with Crippen molar-refractivity contribution in [2.75, 3.05) is 5.32 Å². The fourth-order valence-corrected chi connectivity index (χ4v) is 3.22. The minimum Gasteiger partial charge on any atom is -0.353 e. The quantitative estimate of drug-likeness (QED) is 0.838. The number of aromatic nitrogens is 1. The second-order valence-corrected chi connectivity index (χ2v) is 6.12. The van der Waals surface area contributed by atoms with Crippen LogP contribution in [0.5, 0.6) is 0 Å². The number of nitrogens with one attached hydrogen (secondary N) is 2. The fourth-order valence-electron chi connectivity index (χ4n) is 2.46. The predicted molar refractivity (Wildman–Crippen MR) is 79.8 cm³/mol. The Kier molecular flexibility index (Phi) is 5.52. The maximum Gasteiger partial charge on any atom is 0.226 e. The summed E-state index contributed by atoms with van der Waals surface area (Å²) in [5, 5.41) is 8.09. The lowest BCUT2D eigenvalue weighted by molar-refractivity contribution is -0.121. The topological polar surface area (TPSA) is 71.1 Å². The number of amides is 2. The third-order valence-corrected chi connectivity index (χ3v) is 4.20. The number of hydrogen-bond acceptors (Lipinski definition) is 4. The van der Waals surface area contributed by atoms with Crippen molar-refractivity contribution in [1.29, 1.82) is 0 Å². The maximum absolute atomic E-state index is 12.0. The van der Waals surface area contributed by atoms with Crippen molar-refractivity contribution in [3.63, 3.8) is 0 Å². The van der Waals surface area contributed by atoms with Crippen LogP contribution >= 0.6 is 11.3 Å². The Labute approximate surface area is 123 Å². The van der Waals surface area contributed by atoms with Crippen molar-refractivity contribution < 1.29 is 9.59 Å². The summed E-state index contributed by atoms with van der Waals surface area (Å²) in [6.45, 7) is 1.44. The molecule has 2 N–H and O–H groups in total. The highest BCUT2D eigenvalue weighted by molar-refractivity contribution is 7.13. The van der Waals surface area contributed by atoms with E-state index in [0.717, 1.165) is 12.8 Å². The van der Waals surface area contributed by atoms with Crippen LogP contribution in [0.25, 0.3) is 0 Å². The molecule has 1 fully saturated rings. The zero-order valence-corrected chi connectivity index (χ0v) is 12.6. The van der Waals surface area contributed by atoms with Crippen LogP contribution in [-0.2, 0) is 16.0 Å². The van der Waals surface area contributed by atoms with E-state index >= 15 is 0 Å². The molecule has 0 spiro atoms. The summed E-state index contributed by atoms with van der Waals surface area (Å²) >= 11 is 1.35. The Morgan fingerprint density at radius 2 is 2.00 bits per heavy atom. The minimum absolute atomic E-state index is 0.0246. The van der Waals surface area contributed by atoms with Gasteiger partial charge >= 0.3 is 0 Å². The molecule has 1 heterocycles. The lowest BCUT2D eigenvalue weighted by Crippen LogP contribution is -2.35. The van der Waals surface area contributed by atoms with Crippen LogP contribution in [0.2, 0.25) is 0 Å². The molecule has 110 valence electrons. The molecule has 1 aliphatic rings. The Bertz CT molecular complexity index is 465. The van der Waals surface area contributed by atoms with Crippen molar-refractivity contribution in [3.05, 3.63) is 11.1 Å². The van der Waals surface area contributed by atoms with Gasteiger partial charge in [0, 0.05) is 18.3 Å². The molecule has 0 saturated heterocycles. The fraction of sp³-hybridized carbons (Fsp3) is 0.643. The van der Waals surface area contributed by atoms with Crippen molar-refractivity contribution in [3.8, 4) is 0 Å². The molecule has 1 aromatic rings. The molecule has 0 bridgehead atoms. The van der Waals surface area contributed by atoms with Crippen molar-refractivity contribution in [2.45, 2.75) is 57.9 Å². The number of carbonyl (C=O) groups excluding carboxylic acids is 2. The molecule has 0 unspecified atom stereocenters. The molecule has 0 radical (unpaired) electrons. The van der Waals surface area contributed by atoms with E-state index in [9.17, 15) is 9.59 Å². The van der Waals surface area contributed by atoms with E-state index in [-0.39, 0.29) is 18.2 Å². The standard InChI is InChI=1S/C14H21N3O2S/c1-10(18)15-14-17-12(9-20-14)8-13(19)16-11-6-4-2-3-5-7-11/h9,11H,2-8H2,1H3,(H,16,19)(H,15,17,18). The Morgan fingerprint density at radius 1 is 1.30 bits per heavy atom. The summed E-state index contributed by atoms with van der Waals surface area (Å²) in [6.07, 6.45) is 7.41. The number of anilines is 1. The van der Waals surface area contributed by atoms with Gasteiger partial charge in [0.1, 0.15) is 0 Å². The minimum atomic E-state index is -0.145. The van der Waals surface area contributed by atoms with Crippen LogP contribution in [0.1, 0.15) is 51.1 Å². The molecular formula is C14H21N3O2S. The highest BCUT2D eigenvalue weighted by Gasteiger charge is 2.15. The summed E-state index contributed by atoms with van der Waals surface area (Å²) in [7, 11) is 0. The van der Waals surface area contributed by atoms with Crippen LogP contribution in [0.3, 0.4) is 0 Å². The van der Waals surface area contributed by atoms with Crippen molar-refractivity contribution >= 4 is 28.3 Å². The Balaban J connectivity index is 1.81. The number of rotatable bonds is 4. The second kappa shape index (κ2) is 7.38. The van der Waals surface area contributed by atoms with Crippen LogP contribution in [0.15, 0.2) is 5.38 Å². The normalized spacial score (nSPS) is 16.4. The SMILES string of the molecule is CC(=O)Nc1nc(CC(=O)NC2CCCCCC2)cs1. The molecular weight excluding hydrogens is 274 g/mol. The van der Waals surface area contributed by atoms with Crippen molar-refractivity contribution in [1.82, 2.24) is 10.3 Å². The second-order valence-electron chi connectivity index (χ2n) is 5.26. The summed E-state index contributed by atoms with van der Waals surface area (Å²) in [4.78, 5) is 27.1. The maximum atomic E-state index is 12.0. The molecule has 1 aliphatic carbocycles. The summed E-state index contributed by atoms with van der Waals surface area (Å²) in [5.41, 5.74) is 0.713. The van der Waals surface area contributed by atoms with Gasteiger partial charge in [0.25, 0.3) is 0 Å². The lowest BCUT2D eigenvalue weighted by Gasteiger charge is -2.15. The number of hydrogen-bond donors (Lipinski definition) is 2. The van der Waals surface area contributed by atoms with E-state index in [1.807, 2.05) is 5.38 Å². The van der Waals surface area contributed by atoms with Gasteiger partial charge in [0.05, 0.1) is 12.1 Å². The summed E-state index contributed by atoms with van der Waals surface area (Å²) in [5.74, 6) is -0.120. The third-order valence-electron chi connectivity index (χ3n) is 3.40. The molecule has 0 aromatic carbocycles. The van der Waals surface area contributed by atoms with Gasteiger partial charge in [-0.3, -0.25) is 9.59 Å². The number of nitrogens with zero attached hydrogens (tertiary/aromatic N) is 1. The van der Waals surface area contributed by atoms with Crippen LogP contribution < -0.4 is 10.6 Å². The number of thiazole rings is 1. The van der Waals surface area contributed by atoms with Crippen LogP contribution in [0.4, 0.5) is 5.13 Å². The largest absolute Gasteiger partial charge is 0.353 e. The van der Waals surface area contributed by atoms with Gasteiger partial charge in [0.15, 0.2) is 5.13 Å². The van der Waals surface area contributed by atoms with Gasteiger partial charge in [-0.05, 0) is 12.8 Å². The summed E-state index contributed by atoms with van der Waals surface area (Å²) in [6, 6.07) is 0.318. The Morgan fingerprint density at radius 3 is 2.65 bits per heavy atom. The molecule has 0 aliphatic heterocycles. The van der Waals surface area contributed by atoms with Crippen molar-refractivity contribution in [2.24, 2.45) is 0 Å². The predicted octanol–water partition coefficient (Wildman–Crippen LogP) is 2.48. The molecule has 20 heavy (non-hydrogen) atoms. The average Bonchev–Trinajstić information content (AvgIpc) is 2.63. The third kappa shape index (κ3) is 4.92. The van der Waals surface area contributed by atoms with E-state index in [1.54, 1.807) is 0 Å². The molecule has 2 rings (SSSR count). The molecule has 0 atom stereocenters. The molecule has 2 amide bonds. The van der Waals surface area contributed by atoms with E-state index in [0.29, 0.717) is 16.9 Å². The highest BCUT2D eigenvalue weighted by atomic mass is 32.1. The van der Waals surface area contributed by atoms with Crippen LogP contribution in [0, 0.1) is 0 Å². The first-order chi connectivity index (χ1) is 9.63. The van der Waals surface area contributed by atoms with Crippen LogP contribution in [-0.4, -0.2) is 22.8 Å². The van der Waals surface area contributed by atoms with Gasteiger partial charge in [-0.2, -0.15) is 0 Å². The molecule has 1 saturated carbocycles. The highest BCUT2D eigenvalue weighted by Crippen LogP contribution is 2.18. The first-order valence-electron chi connectivity index (χ1n) is 7.15. The van der Waals surface area contributed by atoms with Gasteiger partial charge in [-0.1, -0.05) is 25.7 Å².